The van der Waals surface area contributed by atoms with Crippen molar-refractivity contribution in [1.29, 1.82) is 0 Å². The van der Waals surface area contributed by atoms with Gasteiger partial charge in [0.1, 0.15) is 16.9 Å². The maximum atomic E-state index is 6.13. The van der Waals surface area contributed by atoms with E-state index in [9.17, 15) is 0 Å². The fraction of sp³-hybridized carbons (Fsp3) is 0.522. The fourth-order valence-corrected chi connectivity index (χ4v) is 3.58. The molecule has 3 N–H and O–H groups in total. The number of aryl methyl sites for hydroxylation is 1. The van der Waals surface area contributed by atoms with Crippen LogP contribution < -0.4 is 15.8 Å². The Bertz CT molecular complexity index is 991. The van der Waals surface area contributed by atoms with Crippen LogP contribution in [-0.2, 0) is 19.5 Å². The van der Waals surface area contributed by atoms with Gasteiger partial charge in [0.25, 0.3) is 5.88 Å². The van der Waals surface area contributed by atoms with E-state index >= 15 is 0 Å². The largest absolute Gasteiger partial charge is 0.472 e. The molecule has 0 spiro atoms. The number of anilines is 1. The molecule has 7 nitrogen and oxygen atoms in total. The number of imidazole rings is 1. The lowest BCUT2D eigenvalue weighted by molar-refractivity contribution is 0.232. The van der Waals surface area contributed by atoms with Crippen LogP contribution in [0.2, 0.25) is 0 Å². The summed E-state index contributed by atoms with van der Waals surface area (Å²) in [4.78, 5) is 4.83. The van der Waals surface area contributed by atoms with Gasteiger partial charge in [0, 0.05) is 25.6 Å². The molecule has 0 aliphatic heterocycles. The topological polar surface area (TPSA) is 90.9 Å². The maximum Gasteiger partial charge on any atom is 0.260 e. The number of rotatable bonds is 10. The number of nitrogens with two attached hydrogens (primary N) is 1. The summed E-state index contributed by atoms with van der Waals surface area (Å²) in [5.74, 6) is 1.84. The second-order valence-electron chi connectivity index (χ2n) is 8.44. The summed E-state index contributed by atoms with van der Waals surface area (Å²) >= 11 is 0. The van der Waals surface area contributed by atoms with E-state index in [1.54, 1.807) is 0 Å². The highest BCUT2D eigenvalue weighted by Crippen LogP contribution is 2.29. The van der Waals surface area contributed by atoms with Crippen LogP contribution in [0.25, 0.3) is 11.0 Å². The van der Waals surface area contributed by atoms with E-state index in [-0.39, 0.29) is 6.10 Å². The number of ether oxygens (including phenoxy) is 1. The monoisotopic (exact) mass is 408 g/mol. The Labute approximate surface area is 178 Å². The molecule has 1 saturated carbocycles. The van der Waals surface area contributed by atoms with E-state index in [0.29, 0.717) is 29.8 Å². The van der Waals surface area contributed by atoms with Gasteiger partial charge in [-0.25, -0.2) is 4.98 Å². The van der Waals surface area contributed by atoms with Crippen LogP contribution in [0.1, 0.15) is 63.4 Å². The molecule has 0 amide bonds. The molecule has 0 radical (unpaired) electrons. The van der Waals surface area contributed by atoms with Crippen molar-refractivity contribution in [1.82, 2.24) is 25.1 Å². The van der Waals surface area contributed by atoms with Gasteiger partial charge in [-0.1, -0.05) is 37.6 Å². The number of hydrogen-bond acceptors (Lipinski definition) is 6. The molecular weight excluding hydrogens is 376 g/mol. The average Bonchev–Trinajstić information content (AvgIpc) is 3.49. The molecule has 0 atom stereocenters. The van der Waals surface area contributed by atoms with Crippen molar-refractivity contribution in [2.24, 2.45) is 0 Å². The molecule has 4 rings (SSSR count). The molecule has 1 aliphatic carbocycles. The predicted molar refractivity (Wildman–Crippen MR) is 120 cm³/mol. The molecule has 1 aromatic carbocycles. The van der Waals surface area contributed by atoms with Gasteiger partial charge in [0.2, 0.25) is 0 Å². The first kappa shape index (κ1) is 20.6. The van der Waals surface area contributed by atoms with Crippen LogP contribution >= 0.6 is 0 Å². The number of nitrogen functional groups attached to an aromatic ring is 1. The molecule has 2 aromatic heterocycles. The summed E-state index contributed by atoms with van der Waals surface area (Å²) in [7, 11) is 0. The zero-order valence-electron chi connectivity index (χ0n) is 18.2. The SMILES string of the molecule is CCCCc1nc2c(N)nnc(OC(C)C)c2n1Cc1ccc(CNC2CC2)cc1. The van der Waals surface area contributed by atoms with Crippen molar-refractivity contribution in [2.45, 2.75) is 78.1 Å². The van der Waals surface area contributed by atoms with Crippen LogP contribution in [0.3, 0.4) is 0 Å². The minimum Gasteiger partial charge on any atom is -0.472 e. The van der Waals surface area contributed by atoms with Crippen molar-refractivity contribution in [2.75, 3.05) is 5.73 Å². The predicted octanol–water partition coefficient (Wildman–Crippen LogP) is 3.84. The Morgan fingerprint density at radius 3 is 2.57 bits per heavy atom. The summed E-state index contributed by atoms with van der Waals surface area (Å²) < 4.78 is 8.16. The number of nitrogens with one attached hydrogen (secondary N) is 1. The van der Waals surface area contributed by atoms with E-state index in [4.69, 9.17) is 15.5 Å². The Morgan fingerprint density at radius 2 is 1.90 bits per heavy atom. The molecule has 2 heterocycles. The van der Waals surface area contributed by atoms with Crippen LogP contribution in [0, 0.1) is 0 Å². The molecule has 30 heavy (non-hydrogen) atoms. The lowest BCUT2D eigenvalue weighted by atomic mass is 10.1. The van der Waals surface area contributed by atoms with E-state index < -0.39 is 0 Å². The summed E-state index contributed by atoms with van der Waals surface area (Å²) in [6.45, 7) is 7.78. The first-order chi connectivity index (χ1) is 14.5. The highest BCUT2D eigenvalue weighted by Gasteiger charge is 2.21. The quantitative estimate of drug-likeness (QED) is 0.530. The minimum atomic E-state index is -0.00758. The van der Waals surface area contributed by atoms with Gasteiger partial charge >= 0.3 is 0 Å². The Morgan fingerprint density at radius 1 is 1.17 bits per heavy atom. The molecule has 0 bridgehead atoms. The lowest BCUT2D eigenvalue weighted by Crippen LogP contribution is -2.15. The number of nitrogens with zero attached hydrogens (tertiary/aromatic N) is 4. The van der Waals surface area contributed by atoms with E-state index in [1.165, 1.54) is 24.0 Å². The number of aromatic nitrogens is 4. The summed E-state index contributed by atoms with van der Waals surface area (Å²) in [5.41, 5.74) is 10.2. The first-order valence-electron chi connectivity index (χ1n) is 11.0. The molecule has 160 valence electrons. The van der Waals surface area contributed by atoms with Gasteiger partial charge in [-0.3, -0.25) is 0 Å². The molecule has 0 unspecified atom stereocenters. The lowest BCUT2D eigenvalue weighted by Gasteiger charge is -2.14. The second kappa shape index (κ2) is 9.00. The molecule has 7 heteroatoms. The molecule has 0 saturated heterocycles. The Balaban J connectivity index is 1.66. The van der Waals surface area contributed by atoms with Gasteiger partial charge < -0.3 is 20.4 Å². The summed E-state index contributed by atoms with van der Waals surface area (Å²) in [6.07, 6.45) is 5.66. The van der Waals surface area contributed by atoms with Crippen molar-refractivity contribution < 1.29 is 4.74 Å². The Kier molecular flexibility index (Phi) is 6.18. The average molecular weight is 409 g/mol. The fourth-order valence-electron chi connectivity index (χ4n) is 3.58. The smallest absolute Gasteiger partial charge is 0.260 e. The van der Waals surface area contributed by atoms with Crippen molar-refractivity contribution in [3.63, 3.8) is 0 Å². The van der Waals surface area contributed by atoms with Crippen LogP contribution in [0.15, 0.2) is 24.3 Å². The maximum absolute atomic E-state index is 6.13. The number of unbranched alkanes of at least 4 members (excludes halogenated alkanes) is 1. The summed E-state index contributed by atoms with van der Waals surface area (Å²) in [6, 6.07) is 9.51. The van der Waals surface area contributed by atoms with Crippen LogP contribution in [0.4, 0.5) is 5.82 Å². The third-order valence-corrected chi connectivity index (χ3v) is 5.38. The highest BCUT2D eigenvalue weighted by atomic mass is 16.5. The summed E-state index contributed by atoms with van der Waals surface area (Å²) in [5, 5.41) is 11.9. The van der Waals surface area contributed by atoms with Gasteiger partial charge in [-0.2, -0.15) is 0 Å². The van der Waals surface area contributed by atoms with E-state index in [0.717, 1.165) is 37.1 Å². The van der Waals surface area contributed by atoms with Crippen LogP contribution in [-0.4, -0.2) is 31.9 Å². The third-order valence-electron chi connectivity index (χ3n) is 5.38. The third kappa shape index (κ3) is 4.73. The van der Waals surface area contributed by atoms with Crippen LogP contribution in [0.5, 0.6) is 5.88 Å². The molecular formula is C23H32N6O. The zero-order valence-corrected chi connectivity index (χ0v) is 18.2. The van der Waals surface area contributed by atoms with Gasteiger partial charge in [0.15, 0.2) is 5.82 Å². The molecule has 1 aliphatic rings. The standard InChI is InChI=1S/C23H32N6O/c1-4-5-6-19-26-20-21(23(30-15(2)3)28-27-22(20)24)29(19)14-17-9-7-16(8-10-17)13-25-18-11-12-18/h7-10,15,18,25H,4-6,11-14H2,1-3H3,(H2,24,27). The first-order valence-corrected chi connectivity index (χ1v) is 11.0. The van der Waals surface area contributed by atoms with Crippen molar-refractivity contribution >= 4 is 16.9 Å². The van der Waals surface area contributed by atoms with Crippen molar-refractivity contribution in [3.05, 3.63) is 41.2 Å². The zero-order chi connectivity index (χ0) is 21.1. The van der Waals surface area contributed by atoms with Gasteiger partial charge in [-0.05, 0) is 44.2 Å². The number of benzene rings is 1. The van der Waals surface area contributed by atoms with E-state index in [1.807, 2.05) is 13.8 Å². The normalized spacial score (nSPS) is 14.0. The van der Waals surface area contributed by atoms with Gasteiger partial charge in [-0.15, -0.1) is 10.2 Å². The second-order valence-corrected chi connectivity index (χ2v) is 8.44. The highest BCUT2D eigenvalue weighted by molar-refractivity contribution is 5.88. The Hall–Kier alpha value is -2.67. The minimum absolute atomic E-state index is 0.00758. The van der Waals surface area contributed by atoms with E-state index in [2.05, 4.69) is 51.3 Å². The molecule has 3 aromatic rings. The van der Waals surface area contributed by atoms with Crippen molar-refractivity contribution in [3.8, 4) is 5.88 Å². The number of fused-ring (bicyclic) bond motifs is 1. The number of hydrogen-bond donors (Lipinski definition) is 2. The van der Waals surface area contributed by atoms with Gasteiger partial charge in [0.05, 0.1) is 6.10 Å². The molecule has 1 fully saturated rings.